The summed E-state index contributed by atoms with van der Waals surface area (Å²) in [6.45, 7) is 2.11. The van der Waals surface area contributed by atoms with E-state index in [0.717, 1.165) is 13.2 Å². The van der Waals surface area contributed by atoms with Crippen LogP contribution in [-0.2, 0) is 4.74 Å². The number of fused-ring (bicyclic) bond motifs is 1. The molecule has 0 bridgehead atoms. The summed E-state index contributed by atoms with van der Waals surface area (Å²) in [5.74, 6) is 0. The molecule has 2 saturated heterocycles. The molecule has 3 nitrogen and oxygen atoms in total. The van der Waals surface area contributed by atoms with E-state index in [0.29, 0.717) is 6.04 Å². The minimum absolute atomic E-state index is 0.255. The predicted octanol–water partition coefficient (Wildman–Crippen LogP) is -0.981. The number of rotatable bonds is 1. The zero-order chi connectivity index (χ0) is 5.56. The molecule has 0 radical (unpaired) electrons. The van der Waals surface area contributed by atoms with Gasteiger partial charge in [-0.1, -0.05) is 0 Å². The smallest absolute Gasteiger partial charge is 0.129 e. The van der Waals surface area contributed by atoms with Crippen molar-refractivity contribution < 1.29 is 9.84 Å². The Bertz CT molecular complexity index is 89.8. The Labute approximate surface area is 47.9 Å². The molecule has 2 aliphatic heterocycles. The number of hydrogen-bond donors (Lipinski definition) is 1. The molecule has 2 fully saturated rings. The van der Waals surface area contributed by atoms with Gasteiger partial charge in [0.25, 0.3) is 0 Å². The number of ether oxygens (including phenoxy) is 1. The fourth-order valence-electron chi connectivity index (χ4n) is 1.28. The van der Waals surface area contributed by atoms with Crippen molar-refractivity contribution >= 4 is 0 Å². The van der Waals surface area contributed by atoms with Gasteiger partial charge in [-0.2, -0.15) is 0 Å². The van der Waals surface area contributed by atoms with Gasteiger partial charge >= 0.3 is 0 Å². The summed E-state index contributed by atoms with van der Waals surface area (Å²) in [5.41, 5.74) is 0. The molecular weight excluding hydrogens is 106 g/mol. The Morgan fingerprint density at radius 1 is 1.75 bits per heavy atom. The molecule has 0 aromatic heterocycles. The first-order valence-electron chi connectivity index (χ1n) is 2.91. The molecule has 0 amide bonds. The summed E-state index contributed by atoms with van der Waals surface area (Å²) in [4.78, 5) is 2.15. The van der Waals surface area contributed by atoms with Crippen LogP contribution in [0.4, 0.5) is 0 Å². The highest BCUT2D eigenvalue weighted by atomic mass is 16.5. The lowest BCUT2D eigenvalue weighted by Gasteiger charge is -1.94. The second kappa shape index (κ2) is 1.43. The van der Waals surface area contributed by atoms with Crippen LogP contribution in [0.25, 0.3) is 0 Å². The lowest BCUT2D eigenvalue weighted by molar-refractivity contribution is 0.139. The summed E-state index contributed by atoms with van der Waals surface area (Å²) in [6.07, 6.45) is 0.278. The molecule has 3 heteroatoms. The molecular formula is C5H9NO2. The summed E-state index contributed by atoms with van der Waals surface area (Å²) in [5, 5.41) is 8.59. The van der Waals surface area contributed by atoms with E-state index in [1.54, 1.807) is 0 Å². The zero-order valence-corrected chi connectivity index (χ0v) is 4.58. The zero-order valence-electron chi connectivity index (χ0n) is 4.58. The average molecular weight is 115 g/mol. The van der Waals surface area contributed by atoms with E-state index in [4.69, 9.17) is 9.84 Å². The maximum absolute atomic E-state index is 8.59. The molecule has 8 heavy (non-hydrogen) atoms. The van der Waals surface area contributed by atoms with Crippen LogP contribution in [0.5, 0.6) is 0 Å². The van der Waals surface area contributed by atoms with Gasteiger partial charge in [-0.15, -0.1) is 0 Å². The van der Waals surface area contributed by atoms with Crippen molar-refractivity contribution in [2.75, 3.05) is 19.8 Å². The first-order valence-corrected chi connectivity index (χ1v) is 2.91. The molecule has 0 aromatic rings. The van der Waals surface area contributed by atoms with Crippen molar-refractivity contribution in [2.24, 2.45) is 0 Å². The fourth-order valence-corrected chi connectivity index (χ4v) is 1.28. The molecule has 0 aromatic carbocycles. The van der Waals surface area contributed by atoms with E-state index in [9.17, 15) is 0 Å². The number of aliphatic hydroxyl groups excluding tert-OH is 1. The summed E-state index contributed by atoms with van der Waals surface area (Å²) in [7, 11) is 0. The van der Waals surface area contributed by atoms with Crippen molar-refractivity contribution in [2.45, 2.75) is 12.3 Å². The quantitative estimate of drug-likeness (QED) is 0.446. The molecule has 1 N–H and O–H groups in total. The molecule has 0 saturated carbocycles. The Balaban J connectivity index is 1.94. The van der Waals surface area contributed by atoms with E-state index in [2.05, 4.69) is 4.90 Å². The lowest BCUT2D eigenvalue weighted by Crippen LogP contribution is -2.10. The Kier molecular flexibility index (Phi) is 0.848. The Morgan fingerprint density at radius 2 is 2.62 bits per heavy atom. The summed E-state index contributed by atoms with van der Waals surface area (Å²) in [6, 6.07) is 0.337. The topological polar surface area (TPSA) is 32.5 Å². The largest absolute Gasteiger partial charge is 0.395 e. The highest BCUT2D eigenvalue weighted by Gasteiger charge is 2.51. The van der Waals surface area contributed by atoms with Gasteiger partial charge in [0.05, 0.1) is 19.3 Å². The fraction of sp³-hybridized carbons (Fsp3) is 1.00. The molecule has 3 atom stereocenters. The van der Waals surface area contributed by atoms with Crippen LogP contribution in [0.3, 0.4) is 0 Å². The third kappa shape index (κ3) is 0.438. The third-order valence-corrected chi connectivity index (χ3v) is 1.82. The van der Waals surface area contributed by atoms with Crippen molar-refractivity contribution in [1.82, 2.24) is 4.90 Å². The van der Waals surface area contributed by atoms with E-state index in [-0.39, 0.29) is 12.8 Å². The monoisotopic (exact) mass is 115 g/mol. The molecule has 2 rings (SSSR count). The van der Waals surface area contributed by atoms with Crippen molar-refractivity contribution in [1.29, 1.82) is 0 Å². The normalized spacial score (nSPS) is 51.4. The third-order valence-electron chi connectivity index (χ3n) is 1.82. The second-order valence-corrected chi connectivity index (χ2v) is 2.25. The van der Waals surface area contributed by atoms with Crippen LogP contribution in [0, 0.1) is 0 Å². The van der Waals surface area contributed by atoms with Gasteiger partial charge in [0.1, 0.15) is 6.23 Å². The van der Waals surface area contributed by atoms with Crippen LogP contribution in [0.1, 0.15) is 0 Å². The Hall–Kier alpha value is -0.120. The Morgan fingerprint density at radius 3 is 3.00 bits per heavy atom. The molecule has 2 heterocycles. The molecule has 3 unspecified atom stereocenters. The first kappa shape index (κ1) is 4.73. The van der Waals surface area contributed by atoms with Gasteiger partial charge in [0.2, 0.25) is 0 Å². The maximum Gasteiger partial charge on any atom is 0.129 e. The van der Waals surface area contributed by atoms with Gasteiger partial charge in [-0.05, 0) is 0 Å². The summed E-state index contributed by atoms with van der Waals surface area (Å²) < 4.78 is 5.20. The van der Waals surface area contributed by atoms with E-state index < -0.39 is 0 Å². The van der Waals surface area contributed by atoms with Gasteiger partial charge in [0, 0.05) is 6.54 Å². The van der Waals surface area contributed by atoms with Gasteiger partial charge in [-0.3, -0.25) is 4.90 Å². The minimum Gasteiger partial charge on any atom is -0.395 e. The van der Waals surface area contributed by atoms with Crippen LogP contribution in [0.15, 0.2) is 0 Å². The van der Waals surface area contributed by atoms with Crippen LogP contribution in [-0.4, -0.2) is 42.0 Å². The minimum atomic E-state index is 0.255. The number of aliphatic hydroxyl groups is 1. The van der Waals surface area contributed by atoms with Gasteiger partial charge in [0.15, 0.2) is 0 Å². The molecule has 0 aliphatic carbocycles. The standard InChI is InChI=1S/C5H9NO2/c7-3-4-5-6(4)1-2-8-5/h4-5,7H,1-3H2. The maximum atomic E-state index is 8.59. The van der Waals surface area contributed by atoms with Crippen molar-refractivity contribution in [3.05, 3.63) is 0 Å². The van der Waals surface area contributed by atoms with E-state index in [1.165, 1.54) is 0 Å². The van der Waals surface area contributed by atoms with Gasteiger partial charge < -0.3 is 9.84 Å². The summed E-state index contributed by atoms with van der Waals surface area (Å²) >= 11 is 0. The molecule has 0 spiro atoms. The highest BCUT2D eigenvalue weighted by molar-refractivity contribution is 4.98. The lowest BCUT2D eigenvalue weighted by atomic mass is 10.5. The SMILES string of the molecule is OCC1C2OCCN12. The number of nitrogens with zero attached hydrogens (tertiary/aromatic N) is 1. The number of morpholine rings is 1. The molecule has 46 valence electrons. The van der Waals surface area contributed by atoms with Crippen molar-refractivity contribution in [3.63, 3.8) is 0 Å². The van der Waals surface area contributed by atoms with Crippen LogP contribution >= 0.6 is 0 Å². The van der Waals surface area contributed by atoms with E-state index >= 15 is 0 Å². The highest BCUT2D eigenvalue weighted by Crippen LogP contribution is 2.32. The van der Waals surface area contributed by atoms with Crippen LogP contribution < -0.4 is 0 Å². The van der Waals surface area contributed by atoms with E-state index in [1.807, 2.05) is 0 Å². The average Bonchev–Trinajstić information content (AvgIpc) is 2.22. The first-order chi connectivity index (χ1) is 3.93. The van der Waals surface area contributed by atoms with Gasteiger partial charge in [-0.25, -0.2) is 0 Å². The predicted molar refractivity (Wildman–Crippen MR) is 27.3 cm³/mol. The van der Waals surface area contributed by atoms with Crippen molar-refractivity contribution in [3.8, 4) is 0 Å². The van der Waals surface area contributed by atoms with Crippen LogP contribution in [0.2, 0.25) is 0 Å². The second-order valence-electron chi connectivity index (χ2n) is 2.25. The number of hydrogen-bond acceptors (Lipinski definition) is 3. The molecule has 2 aliphatic rings.